The molecule has 2 heteroatoms. The highest BCUT2D eigenvalue weighted by Gasteiger charge is 1.95. The summed E-state index contributed by atoms with van der Waals surface area (Å²) in [6.45, 7) is 11.2. The van der Waals surface area contributed by atoms with E-state index in [4.69, 9.17) is 5.73 Å². The fraction of sp³-hybridized carbons (Fsp3) is 0.750. The molecule has 0 rings (SSSR count). The summed E-state index contributed by atoms with van der Waals surface area (Å²) >= 11 is 0. The number of hydrogen-bond acceptors (Lipinski definition) is 2. The van der Waals surface area contributed by atoms with Crippen molar-refractivity contribution in [3.05, 3.63) is 11.8 Å². The molecule has 0 unspecified atom stereocenters. The summed E-state index contributed by atoms with van der Waals surface area (Å²) in [6, 6.07) is 0. The Bertz CT molecular complexity index is 156. The van der Waals surface area contributed by atoms with Gasteiger partial charge in [0.1, 0.15) is 0 Å². The summed E-state index contributed by atoms with van der Waals surface area (Å²) in [4.78, 5) is 4.18. The first-order valence-electron chi connectivity index (χ1n) is 5.48. The zero-order valence-corrected chi connectivity index (χ0v) is 10.4. The van der Waals surface area contributed by atoms with E-state index in [1.807, 2.05) is 26.1 Å². The van der Waals surface area contributed by atoms with Crippen LogP contribution in [0.5, 0.6) is 0 Å². The first-order chi connectivity index (χ1) is 6.63. The number of nitrogens with zero attached hydrogens (tertiary/aromatic N) is 1. The zero-order valence-electron chi connectivity index (χ0n) is 10.4. The zero-order chi connectivity index (χ0) is 11.4. The second-order valence-corrected chi connectivity index (χ2v) is 3.40. The third-order valence-electron chi connectivity index (χ3n) is 1.72. The van der Waals surface area contributed by atoms with E-state index in [0.717, 1.165) is 12.2 Å². The summed E-state index contributed by atoms with van der Waals surface area (Å²) in [6.07, 6.45) is 6.26. The molecule has 2 nitrogen and oxygen atoms in total. The van der Waals surface area contributed by atoms with Gasteiger partial charge < -0.3 is 5.73 Å². The molecule has 14 heavy (non-hydrogen) atoms. The SMILES string of the molecule is CC=N/C(=C\C)C(C)C.CCCCN. The lowest BCUT2D eigenvalue weighted by Gasteiger charge is -2.02. The van der Waals surface area contributed by atoms with E-state index in [1.54, 1.807) is 0 Å². The Kier molecular flexibility index (Phi) is 14.0. The minimum atomic E-state index is 0.547. The highest BCUT2D eigenvalue weighted by molar-refractivity contribution is 5.55. The second kappa shape index (κ2) is 12.4. The molecular formula is C12H26N2. The lowest BCUT2D eigenvalue weighted by molar-refractivity contribution is 0.757. The van der Waals surface area contributed by atoms with Gasteiger partial charge in [-0.3, -0.25) is 4.99 Å². The van der Waals surface area contributed by atoms with E-state index in [2.05, 4.69) is 25.8 Å². The molecule has 0 aliphatic rings. The fourth-order valence-electron chi connectivity index (χ4n) is 0.910. The van der Waals surface area contributed by atoms with E-state index in [-0.39, 0.29) is 0 Å². The maximum atomic E-state index is 5.14. The summed E-state index contributed by atoms with van der Waals surface area (Å²) < 4.78 is 0. The average molecular weight is 198 g/mol. The number of hydrogen-bond donors (Lipinski definition) is 1. The van der Waals surface area contributed by atoms with Crippen LogP contribution >= 0.6 is 0 Å². The molecule has 0 heterocycles. The number of unbranched alkanes of at least 4 members (excludes halogenated alkanes) is 1. The molecule has 0 fully saturated rings. The fourth-order valence-corrected chi connectivity index (χ4v) is 0.910. The molecule has 0 atom stereocenters. The molecule has 2 N–H and O–H groups in total. The van der Waals surface area contributed by atoms with Crippen molar-refractivity contribution in [2.45, 2.75) is 47.5 Å². The van der Waals surface area contributed by atoms with Crippen LogP contribution in [0.2, 0.25) is 0 Å². The third kappa shape index (κ3) is 11.4. The molecule has 0 saturated heterocycles. The van der Waals surface area contributed by atoms with E-state index < -0.39 is 0 Å². The van der Waals surface area contributed by atoms with Gasteiger partial charge in [-0.05, 0) is 32.7 Å². The first kappa shape index (κ1) is 15.8. The van der Waals surface area contributed by atoms with Gasteiger partial charge in [0.25, 0.3) is 0 Å². The van der Waals surface area contributed by atoms with Crippen LogP contribution in [0.3, 0.4) is 0 Å². The Labute approximate surface area is 89.3 Å². The average Bonchev–Trinajstić information content (AvgIpc) is 2.16. The quantitative estimate of drug-likeness (QED) is 0.691. The smallest absolute Gasteiger partial charge is 0.0382 e. The van der Waals surface area contributed by atoms with Crippen molar-refractivity contribution in [1.29, 1.82) is 0 Å². The molecular weight excluding hydrogens is 172 g/mol. The van der Waals surface area contributed by atoms with Crippen LogP contribution in [0.1, 0.15) is 47.5 Å². The standard InChI is InChI=1S/C8H15N.C4H11N/c1-5-8(7(3)4)9-6-2;1-2-3-4-5/h5-7H,1-4H3;2-5H2,1H3/b8-5-,9-6?;. The molecule has 0 aromatic carbocycles. The summed E-state index contributed by atoms with van der Waals surface area (Å²) in [5, 5.41) is 0. The number of allylic oxidation sites excluding steroid dienone is 2. The van der Waals surface area contributed by atoms with Crippen molar-refractivity contribution in [3.8, 4) is 0 Å². The van der Waals surface area contributed by atoms with E-state index in [1.165, 1.54) is 12.8 Å². The highest BCUT2D eigenvalue weighted by Crippen LogP contribution is 2.08. The second-order valence-electron chi connectivity index (χ2n) is 3.40. The Morgan fingerprint density at radius 2 is 1.93 bits per heavy atom. The largest absolute Gasteiger partial charge is 0.330 e. The Hall–Kier alpha value is -0.630. The third-order valence-corrected chi connectivity index (χ3v) is 1.72. The minimum Gasteiger partial charge on any atom is -0.330 e. The summed E-state index contributed by atoms with van der Waals surface area (Å²) in [5.74, 6) is 0.547. The lowest BCUT2D eigenvalue weighted by Crippen LogP contribution is -1.95. The van der Waals surface area contributed by atoms with Crippen molar-refractivity contribution in [1.82, 2.24) is 0 Å². The summed E-state index contributed by atoms with van der Waals surface area (Å²) in [5.41, 5.74) is 6.30. The van der Waals surface area contributed by atoms with Crippen LogP contribution in [-0.2, 0) is 0 Å². The van der Waals surface area contributed by atoms with Crippen molar-refractivity contribution >= 4 is 6.21 Å². The lowest BCUT2D eigenvalue weighted by atomic mass is 10.1. The van der Waals surface area contributed by atoms with Crippen LogP contribution in [0.25, 0.3) is 0 Å². The normalized spacial score (nSPS) is 11.8. The van der Waals surface area contributed by atoms with Gasteiger partial charge in [0, 0.05) is 11.9 Å². The molecule has 0 radical (unpaired) electrons. The van der Waals surface area contributed by atoms with Crippen molar-refractivity contribution < 1.29 is 0 Å². The van der Waals surface area contributed by atoms with Crippen molar-refractivity contribution in [2.24, 2.45) is 16.6 Å². The monoisotopic (exact) mass is 198 g/mol. The molecule has 0 bridgehead atoms. The van der Waals surface area contributed by atoms with Gasteiger partial charge in [-0.15, -0.1) is 0 Å². The van der Waals surface area contributed by atoms with Gasteiger partial charge >= 0.3 is 0 Å². The van der Waals surface area contributed by atoms with Crippen LogP contribution in [0.4, 0.5) is 0 Å². The van der Waals surface area contributed by atoms with Gasteiger partial charge in [0.2, 0.25) is 0 Å². The van der Waals surface area contributed by atoms with E-state index in [0.29, 0.717) is 5.92 Å². The number of aliphatic imine (C=N–C) groups is 1. The first-order valence-corrected chi connectivity index (χ1v) is 5.48. The molecule has 0 aliphatic heterocycles. The molecule has 0 aromatic rings. The van der Waals surface area contributed by atoms with Crippen LogP contribution < -0.4 is 5.73 Å². The molecule has 0 spiro atoms. The maximum absolute atomic E-state index is 5.14. The predicted octanol–water partition coefficient (Wildman–Crippen LogP) is 3.38. The van der Waals surface area contributed by atoms with Crippen LogP contribution in [0.15, 0.2) is 16.8 Å². The van der Waals surface area contributed by atoms with Gasteiger partial charge in [-0.25, -0.2) is 0 Å². The van der Waals surface area contributed by atoms with Crippen molar-refractivity contribution in [3.63, 3.8) is 0 Å². The Morgan fingerprint density at radius 3 is 2.00 bits per heavy atom. The Morgan fingerprint density at radius 1 is 1.36 bits per heavy atom. The number of nitrogens with two attached hydrogens (primary N) is 1. The van der Waals surface area contributed by atoms with Gasteiger partial charge in [0.15, 0.2) is 0 Å². The van der Waals surface area contributed by atoms with E-state index in [9.17, 15) is 0 Å². The molecule has 0 saturated carbocycles. The van der Waals surface area contributed by atoms with Crippen LogP contribution in [-0.4, -0.2) is 12.8 Å². The van der Waals surface area contributed by atoms with Gasteiger partial charge in [0.05, 0.1) is 0 Å². The predicted molar refractivity (Wildman–Crippen MR) is 66.7 cm³/mol. The van der Waals surface area contributed by atoms with Crippen LogP contribution in [0, 0.1) is 5.92 Å². The molecule has 0 amide bonds. The Balaban J connectivity index is 0. The highest BCUT2D eigenvalue weighted by atomic mass is 14.7. The minimum absolute atomic E-state index is 0.547. The van der Waals surface area contributed by atoms with Gasteiger partial charge in [-0.2, -0.15) is 0 Å². The molecule has 0 aliphatic carbocycles. The van der Waals surface area contributed by atoms with E-state index >= 15 is 0 Å². The van der Waals surface area contributed by atoms with Crippen molar-refractivity contribution in [2.75, 3.05) is 6.54 Å². The summed E-state index contributed by atoms with van der Waals surface area (Å²) in [7, 11) is 0. The number of rotatable bonds is 4. The van der Waals surface area contributed by atoms with Gasteiger partial charge in [-0.1, -0.05) is 33.3 Å². The molecule has 0 aromatic heterocycles. The maximum Gasteiger partial charge on any atom is 0.0382 e. The molecule has 84 valence electrons. The topological polar surface area (TPSA) is 38.4 Å².